The number of fused-ring (bicyclic) bond motifs is 1. The normalized spacial score (nSPS) is 10.8. The molecular weight excluding hydrogens is 270 g/mol. The van der Waals surface area contributed by atoms with Crippen LogP contribution in [-0.4, -0.2) is 22.4 Å². The van der Waals surface area contributed by atoms with Gasteiger partial charge in [-0.3, -0.25) is 4.79 Å². The van der Waals surface area contributed by atoms with Gasteiger partial charge in [0.2, 0.25) is 0 Å². The minimum atomic E-state index is -0.0345. The van der Waals surface area contributed by atoms with Gasteiger partial charge in [-0.2, -0.15) is 0 Å². The second kappa shape index (κ2) is 5.46. The first-order chi connectivity index (χ1) is 9.74. The number of rotatable bonds is 4. The Balaban J connectivity index is 1.59. The Morgan fingerprint density at radius 3 is 3.10 bits per heavy atom. The highest BCUT2D eigenvalue weighted by Crippen LogP contribution is 2.15. The number of nitrogens with one attached hydrogen (secondary N) is 2. The topological polar surface area (TPSA) is 57.8 Å². The van der Waals surface area contributed by atoms with E-state index >= 15 is 0 Å². The number of aromatic amines is 1. The molecule has 0 unspecified atom stereocenters. The Morgan fingerprint density at radius 2 is 2.30 bits per heavy atom. The van der Waals surface area contributed by atoms with E-state index in [-0.39, 0.29) is 5.91 Å². The van der Waals surface area contributed by atoms with Crippen LogP contribution in [0.4, 0.5) is 0 Å². The molecule has 3 aromatic rings. The average molecular weight is 285 g/mol. The van der Waals surface area contributed by atoms with E-state index in [4.69, 9.17) is 0 Å². The largest absolute Gasteiger partial charge is 0.361 e. The summed E-state index contributed by atoms with van der Waals surface area (Å²) in [6.07, 6.45) is 2.76. The predicted octanol–water partition coefficient (Wildman–Crippen LogP) is 2.91. The molecule has 0 bridgehead atoms. The number of hydrogen-bond donors (Lipinski definition) is 2. The molecule has 4 nitrogen and oxygen atoms in total. The minimum absolute atomic E-state index is 0.0345. The molecule has 0 saturated carbocycles. The van der Waals surface area contributed by atoms with Crippen molar-refractivity contribution in [1.82, 2.24) is 15.3 Å². The van der Waals surface area contributed by atoms with Crippen LogP contribution in [-0.2, 0) is 6.42 Å². The van der Waals surface area contributed by atoms with Crippen molar-refractivity contribution >= 4 is 28.1 Å². The summed E-state index contributed by atoms with van der Waals surface area (Å²) in [5.41, 5.74) is 4.85. The number of nitrogens with zero attached hydrogens (tertiary/aromatic N) is 1. The van der Waals surface area contributed by atoms with Crippen molar-refractivity contribution in [2.75, 3.05) is 6.54 Å². The maximum absolute atomic E-state index is 11.9. The molecule has 2 aromatic heterocycles. The van der Waals surface area contributed by atoms with Crippen molar-refractivity contribution in [3.63, 3.8) is 0 Å². The van der Waals surface area contributed by atoms with E-state index in [0.29, 0.717) is 11.4 Å². The van der Waals surface area contributed by atoms with E-state index < -0.39 is 0 Å². The van der Waals surface area contributed by atoms with Gasteiger partial charge in [0.1, 0.15) is 4.88 Å². The van der Waals surface area contributed by atoms with Gasteiger partial charge in [-0.05, 0) is 42.5 Å². The predicted molar refractivity (Wildman–Crippen MR) is 81.2 cm³/mol. The van der Waals surface area contributed by atoms with Gasteiger partial charge in [0.15, 0.2) is 0 Å². The summed E-state index contributed by atoms with van der Waals surface area (Å²) in [5, 5.41) is 4.14. The number of benzene rings is 1. The summed E-state index contributed by atoms with van der Waals surface area (Å²) in [5.74, 6) is -0.0345. The van der Waals surface area contributed by atoms with Crippen LogP contribution in [0.2, 0.25) is 0 Å². The molecule has 102 valence electrons. The fraction of sp³-hybridized carbons (Fsp3) is 0.200. The smallest absolute Gasteiger partial charge is 0.263 e. The summed E-state index contributed by atoms with van der Waals surface area (Å²) < 4.78 is 0. The second-order valence-corrected chi connectivity index (χ2v) is 5.53. The van der Waals surface area contributed by atoms with E-state index in [0.717, 1.165) is 17.6 Å². The molecule has 2 heterocycles. The van der Waals surface area contributed by atoms with E-state index in [1.807, 2.05) is 13.1 Å². The van der Waals surface area contributed by atoms with E-state index in [1.54, 1.807) is 5.51 Å². The van der Waals surface area contributed by atoms with Crippen LogP contribution in [0.3, 0.4) is 0 Å². The Kier molecular flexibility index (Phi) is 3.52. The number of hydrogen-bond acceptors (Lipinski definition) is 3. The van der Waals surface area contributed by atoms with Crippen molar-refractivity contribution in [3.05, 3.63) is 52.1 Å². The van der Waals surface area contributed by atoms with E-state index in [2.05, 4.69) is 39.6 Å². The van der Waals surface area contributed by atoms with Gasteiger partial charge < -0.3 is 10.3 Å². The summed E-state index contributed by atoms with van der Waals surface area (Å²) in [6, 6.07) is 8.36. The highest BCUT2D eigenvalue weighted by molar-refractivity contribution is 7.11. The van der Waals surface area contributed by atoms with Gasteiger partial charge in [0.05, 0.1) is 11.2 Å². The SMILES string of the molecule is Cc1ncsc1C(=O)NCCc1ccc2[nH]ccc2c1. The van der Waals surface area contributed by atoms with Crippen molar-refractivity contribution in [2.45, 2.75) is 13.3 Å². The molecular formula is C15H15N3OS. The highest BCUT2D eigenvalue weighted by atomic mass is 32.1. The van der Waals surface area contributed by atoms with Gasteiger partial charge in [-0.15, -0.1) is 11.3 Å². The van der Waals surface area contributed by atoms with Gasteiger partial charge in [0.25, 0.3) is 5.91 Å². The van der Waals surface area contributed by atoms with Crippen LogP contribution >= 0.6 is 11.3 Å². The maximum Gasteiger partial charge on any atom is 0.263 e. The molecule has 2 N–H and O–H groups in total. The summed E-state index contributed by atoms with van der Waals surface area (Å²) in [6.45, 7) is 2.48. The third-order valence-corrected chi connectivity index (χ3v) is 4.20. The van der Waals surface area contributed by atoms with Crippen LogP contribution in [0.1, 0.15) is 20.9 Å². The highest BCUT2D eigenvalue weighted by Gasteiger charge is 2.10. The Morgan fingerprint density at radius 1 is 1.40 bits per heavy atom. The van der Waals surface area contributed by atoms with Crippen LogP contribution in [0.15, 0.2) is 36.0 Å². The van der Waals surface area contributed by atoms with Crippen molar-refractivity contribution < 1.29 is 4.79 Å². The number of H-pyrrole nitrogens is 1. The van der Waals surface area contributed by atoms with Crippen LogP contribution in [0.5, 0.6) is 0 Å². The second-order valence-electron chi connectivity index (χ2n) is 4.67. The lowest BCUT2D eigenvalue weighted by molar-refractivity contribution is 0.0957. The molecule has 0 spiro atoms. The molecule has 0 aliphatic rings. The number of thiazole rings is 1. The molecule has 0 aliphatic carbocycles. The van der Waals surface area contributed by atoms with Gasteiger partial charge in [-0.25, -0.2) is 4.98 Å². The number of carbonyl (C=O) groups excluding carboxylic acids is 1. The summed E-state index contributed by atoms with van der Waals surface area (Å²) in [4.78, 5) is 19.9. The molecule has 0 atom stereocenters. The molecule has 0 aliphatic heterocycles. The van der Waals surface area contributed by atoms with Gasteiger partial charge in [0, 0.05) is 18.3 Å². The first-order valence-electron chi connectivity index (χ1n) is 6.48. The summed E-state index contributed by atoms with van der Waals surface area (Å²) in [7, 11) is 0. The number of aromatic nitrogens is 2. The molecule has 1 aromatic carbocycles. The number of aryl methyl sites for hydroxylation is 1. The zero-order valence-corrected chi connectivity index (χ0v) is 12.0. The third-order valence-electron chi connectivity index (χ3n) is 3.27. The molecule has 5 heteroatoms. The molecule has 0 saturated heterocycles. The number of carbonyl (C=O) groups is 1. The first-order valence-corrected chi connectivity index (χ1v) is 7.36. The molecule has 1 amide bonds. The Labute approximate surface area is 120 Å². The van der Waals surface area contributed by atoms with Crippen LogP contribution in [0.25, 0.3) is 10.9 Å². The lowest BCUT2D eigenvalue weighted by atomic mass is 10.1. The summed E-state index contributed by atoms with van der Waals surface area (Å²) >= 11 is 1.38. The molecule has 0 fully saturated rings. The fourth-order valence-electron chi connectivity index (χ4n) is 2.18. The van der Waals surface area contributed by atoms with Crippen molar-refractivity contribution in [1.29, 1.82) is 0 Å². The molecule has 3 rings (SSSR count). The fourth-order valence-corrected chi connectivity index (χ4v) is 2.90. The number of amides is 1. The van der Waals surface area contributed by atoms with Gasteiger partial charge >= 0.3 is 0 Å². The third kappa shape index (κ3) is 2.58. The lowest BCUT2D eigenvalue weighted by Gasteiger charge is -2.05. The zero-order chi connectivity index (χ0) is 13.9. The molecule has 0 radical (unpaired) electrons. The van der Waals surface area contributed by atoms with Gasteiger partial charge in [-0.1, -0.05) is 6.07 Å². The Bertz CT molecular complexity index is 744. The van der Waals surface area contributed by atoms with E-state index in [1.165, 1.54) is 22.3 Å². The zero-order valence-electron chi connectivity index (χ0n) is 11.1. The quantitative estimate of drug-likeness (QED) is 0.774. The standard InChI is InChI=1S/C15H15N3OS/c1-10-14(20-9-18-10)15(19)17-6-4-11-2-3-13-12(8-11)5-7-16-13/h2-3,5,7-9,16H,4,6H2,1H3,(H,17,19). The first kappa shape index (κ1) is 12.9. The monoisotopic (exact) mass is 285 g/mol. The minimum Gasteiger partial charge on any atom is -0.361 e. The van der Waals surface area contributed by atoms with Crippen LogP contribution in [0, 0.1) is 6.92 Å². The lowest BCUT2D eigenvalue weighted by Crippen LogP contribution is -2.25. The van der Waals surface area contributed by atoms with Crippen molar-refractivity contribution in [2.24, 2.45) is 0 Å². The van der Waals surface area contributed by atoms with E-state index in [9.17, 15) is 4.79 Å². The maximum atomic E-state index is 11.9. The Hall–Kier alpha value is -2.14. The molecule has 20 heavy (non-hydrogen) atoms. The van der Waals surface area contributed by atoms with Crippen molar-refractivity contribution in [3.8, 4) is 0 Å². The van der Waals surface area contributed by atoms with Crippen LogP contribution < -0.4 is 5.32 Å². The average Bonchev–Trinajstić information content (AvgIpc) is 3.06.